The summed E-state index contributed by atoms with van der Waals surface area (Å²) in [6.45, 7) is 0. The molecule has 0 radical (unpaired) electrons. The lowest BCUT2D eigenvalue weighted by Crippen LogP contribution is -2.29. The second-order valence-electron chi connectivity index (χ2n) is 4.01. The smallest absolute Gasteiger partial charge is 0.322 e. The molecule has 3 nitrogen and oxygen atoms in total. The van der Waals surface area contributed by atoms with Crippen molar-refractivity contribution in [2.75, 3.05) is 7.11 Å². The molecule has 0 N–H and O–H groups in total. The van der Waals surface area contributed by atoms with Gasteiger partial charge >= 0.3 is 5.97 Å². The number of benzene rings is 1. The average molecular weight is 256 g/mol. The van der Waals surface area contributed by atoms with Crippen LogP contribution in [0.2, 0.25) is 0 Å². The highest BCUT2D eigenvalue weighted by molar-refractivity contribution is 7.86. The fourth-order valence-corrected chi connectivity index (χ4v) is 3.35. The minimum atomic E-state index is -1.68. The van der Waals surface area contributed by atoms with Crippen molar-refractivity contribution in [3.05, 3.63) is 30.1 Å². The maximum atomic E-state index is 13.5. The van der Waals surface area contributed by atoms with E-state index in [1.165, 1.54) is 25.3 Å². The Hall–Kier alpha value is -1.23. The van der Waals surface area contributed by atoms with Gasteiger partial charge in [0.1, 0.15) is 11.1 Å². The first kappa shape index (κ1) is 12.2. The zero-order chi connectivity index (χ0) is 12.4. The van der Waals surface area contributed by atoms with Gasteiger partial charge in [0.05, 0.1) is 22.8 Å². The van der Waals surface area contributed by atoms with E-state index in [-0.39, 0.29) is 10.8 Å². The zero-order valence-electron chi connectivity index (χ0n) is 9.39. The molecule has 1 aliphatic rings. The van der Waals surface area contributed by atoms with Crippen LogP contribution in [0.15, 0.2) is 29.2 Å². The first-order valence-corrected chi connectivity index (χ1v) is 6.59. The van der Waals surface area contributed by atoms with E-state index in [0.29, 0.717) is 0 Å². The fraction of sp³-hybridized carbons (Fsp3) is 0.417. The third-order valence-electron chi connectivity index (χ3n) is 2.77. The molecule has 1 aliphatic carbocycles. The molecule has 2 atom stereocenters. The van der Waals surface area contributed by atoms with Gasteiger partial charge < -0.3 is 4.74 Å². The van der Waals surface area contributed by atoms with E-state index in [4.69, 9.17) is 0 Å². The number of rotatable bonds is 4. The minimum Gasteiger partial charge on any atom is -0.468 e. The normalized spacial score (nSPS) is 18.5. The van der Waals surface area contributed by atoms with E-state index in [0.717, 1.165) is 12.8 Å². The number of methoxy groups -OCH3 is 1. The molecule has 5 heteroatoms. The number of carbonyl (C=O) groups excluding carboxylic acids is 1. The fourth-order valence-electron chi connectivity index (χ4n) is 1.71. The van der Waals surface area contributed by atoms with Crippen LogP contribution in [0.5, 0.6) is 0 Å². The average Bonchev–Trinajstić information content (AvgIpc) is 3.14. The monoisotopic (exact) mass is 256 g/mol. The second kappa shape index (κ2) is 4.96. The van der Waals surface area contributed by atoms with Gasteiger partial charge in [0.2, 0.25) is 0 Å². The molecule has 92 valence electrons. The lowest BCUT2D eigenvalue weighted by Gasteiger charge is -2.13. The molecule has 0 heterocycles. The van der Waals surface area contributed by atoms with Crippen molar-refractivity contribution in [2.45, 2.75) is 23.0 Å². The topological polar surface area (TPSA) is 43.4 Å². The number of hydrogen-bond acceptors (Lipinski definition) is 3. The Labute approximate surface area is 101 Å². The Bertz CT molecular complexity index is 457. The van der Waals surface area contributed by atoms with Gasteiger partial charge in [-0.25, -0.2) is 4.39 Å². The largest absolute Gasteiger partial charge is 0.468 e. The molecule has 1 fully saturated rings. The van der Waals surface area contributed by atoms with Crippen molar-refractivity contribution in [2.24, 2.45) is 5.92 Å². The molecular weight excluding hydrogens is 243 g/mol. The molecule has 0 aliphatic heterocycles. The highest BCUT2D eigenvalue weighted by atomic mass is 32.2. The van der Waals surface area contributed by atoms with Crippen molar-refractivity contribution in [1.29, 1.82) is 0 Å². The third-order valence-corrected chi connectivity index (χ3v) is 4.57. The van der Waals surface area contributed by atoms with Crippen molar-refractivity contribution in [3.63, 3.8) is 0 Å². The second-order valence-corrected chi connectivity index (χ2v) is 5.55. The highest BCUT2D eigenvalue weighted by Gasteiger charge is 2.42. The van der Waals surface area contributed by atoms with E-state index in [1.807, 2.05) is 0 Å². The number of carbonyl (C=O) groups is 1. The molecule has 0 amide bonds. The van der Waals surface area contributed by atoms with Crippen molar-refractivity contribution in [3.8, 4) is 0 Å². The van der Waals surface area contributed by atoms with E-state index in [9.17, 15) is 13.4 Å². The lowest BCUT2D eigenvalue weighted by molar-refractivity contribution is -0.140. The Morgan fingerprint density at radius 2 is 2.12 bits per heavy atom. The van der Waals surface area contributed by atoms with Gasteiger partial charge in [0.25, 0.3) is 0 Å². The van der Waals surface area contributed by atoms with Crippen LogP contribution in [-0.2, 0) is 20.3 Å². The van der Waals surface area contributed by atoms with Crippen molar-refractivity contribution < 1.29 is 18.1 Å². The van der Waals surface area contributed by atoms with E-state index in [1.54, 1.807) is 6.07 Å². The summed E-state index contributed by atoms with van der Waals surface area (Å²) in [7, 11) is -0.420. The summed E-state index contributed by atoms with van der Waals surface area (Å²) in [6.07, 6.45) is 1.69. The van der Waals surface area contributed by atoms with Crippen LogP contribution < -0.4 is 0 Å². The lowest BCUT2D eigenvalue weighted by atomic mass is 10.3. The summed E-state index contributed by atoms with van der Waals surface area (Å²) in [5.74, 6) is -1.00. The summed E-state index contributed by atoms with van der Waals surface area (Å²) in [4.78, 5) is 11.7. The number of hydrogen-bond donors (Lipinski definition) is 0. The SMILES string of the molecule is COC(=O)C(C1CC1)S(=O)c1ccccc1F. The van der Waals surface area contributed by atoms with Crippen LogP contribution in [0.4, 0.5) is 4.39 Å². The molecule has 0 aromatic heterocycles. The minimum absolute atomic E-state index is 0.0582. The maximum Gasteiger partial charge on any atom is 0.322 e. The van der Waals surface area contributed by atoms with Gasteiger partial charge in [-0.3, -0.25) is 9.00 Å². The number of halogens is 1. The number of esters is 1. The van der Waals surface area contributed by atoms with E-state index in [2.05, 4.69) is 4.74 Å². The molecule has 0 saturated heterocycles. The summed E-state index contributed by atoms with van der Waals surface area (Å²) >= 11 is 0. The van der Waals surface area contributed by atoms with E-state index < -0.39 is 27.8 Å². The summed E-state index contributed by atoms with van der Waals surface area (Å²) in [6, 6.07) is 5.83. The summed E-state index contributed by atoms with van der Waals surface area (Å²) < 4.78 is 30.4. The molecule has 2 rings (SSSR count). The zero-order valence-corrected chi connectivity index (χ0v) is 10.2. The Morgan fingerprint density at radius 1 is 1.47 bits per heavy atom. The van der Waals surface area contributed by atoms with Gasteiger partial charge in [0.15, 0.2) is 0 Å². The van der Waals surface area contributed by atoms with Gasteiger partial charge in [-0.05, 0) is 30.9 Å². The van der Waals surface area contributed by atoms with Gasteiger partial charge in [0, 0.05) is 0 Å². The maximum absolute atomic E-state index is 13.5. The molecule has 17 heavy (non-hydrogen) atoms. The predicted molar refractivity (Wildman–Crippen MR) is 61.3 cm³/mol. The summed E-state index contributed by atoms with van der Waals surface area (Å²) in [5.41, 5.74) is 0. The van der Waals surface area contributed by atoms with Gasteiger partial charge in [-0.2, -0.15) is 0 Å². The van der Waals surface area contributed by atoms with Crippen LogP contribution in [0.25, 0.3) is 0 Å². The molecule has 0 bridgehead atoms. The summed E-state index contributed by atoms with van der Waals surface area (Å²) in [5, 5.41) is -0.739. The molecule has 2 unspecified atom stereocenters. The highest BCUT2D eigenvalue weighted by Crippen LogP contribution is 2.37. The Morgan fingerprint density at radius 3 is 2.65 bits per heavy atom. The molecule has 0 spiro atoms. The first-order chi connectivity index (χ1) is 8.15. The van der Waals surface area contributed by atoms with Crippen LogP contribution in [0.1, 0.15) is 12.8 Å². The Balaban J connectivity index is 2.28. The van der Waals surface area contributed by atoms with Gasteiger partial charge in [-0.15, -0.1) is 0 Å². The molecular formula is C12H13FO3S. The van der Waals surface area contributed by atoms with Crippen LogP contribution in [0.3, 0.4) is 0 Å². The quantitative estimate of drug-likeness (QED) is 0.773. The first-order valence-electron chi connectivity index (χ1n) is 5.38. The number of ether oxygens (including phenoxy) is 1. The predicted octanol–water partition coefficient (Wildman–Crippen LogP) is 1.88. The van der Waals surface area contributed by atoms with Crippen LogP contribution in [0, 0.1) is 11.7 Å². The van der Waals surface area contributed by atoms with Crippen LogP contribution >= 0.6 is 0 Å². The molecule has 1 saturated carbocycles. The van der Waals surface area contributed by atoms with E-state index >= 15 is 0 Å². The van der Waals surface area contributed by atoms with Crippen molar-refractivity contribution >= 4 is 16.8 Å². The molecule has 1 aromatic carbocycles. The van der Waals surface area contributed by atoms with Gasteiger partial charge in [-0.1, -0.05) is 12.1 Å². The van der Waals surface area contributed by atoms with Crippen molar-refractivity contribution in [1.82, 2.24) is 0 Å². The Kier molecular flexibility index (Phi) is 3.57. The molecule has 1 aromatic rings. The standard InChI is InChI=1S/C12H13FO3S/c1-16-12(14)11(8-6-7-8)17(15)10-5-3-2-4-9(10)13/h2-5,8,11H,6-7H2,1H3. The van der Waals surface area contributed by atoms with Crippen LogP contribution in [-0.4, -0.2) is 22.5 Å². The third kappa shape index (κ3) is 2.54.